The van der Waals surface area contributed by atoms with Crippen LogP contribution >= 0.6 is 9.12 Å². The van der Waals surface area contributed by atoms with Crippen molar-refractivity contribution in [3.63, 3.8) is 0 Å². The van der Waals surface area contributed by atoms with Gasteiger partial charge < -0.3 is 79.8 Å². The predicted molar refractivity (Wildman–Crippen MR) is 310 cm³/mol. The Bertz CT molecular complexity index is 4420. The summed E-state index contributed by atoms with van der Waals surface area (Å²) in [4.78, 5) is 102. The van der Waals surface area contributed by atoms with Crippen molar-refractivity contribution in [3.8, 4) is 92.7 Å². The molecule has 6 N–H and O–H groups in total. The third-order valence-corrected chi connectivity index (χ3v) is 13.5. The third kappa shape index (κ3) is 13.3. The van der Waals surface area contributed by atoms with Gasteiger partial charge in [-0.2, -0.15) is 0 Å². The average Bonchev–Trinajstić information content (AvgIpc) is 1.79. The number of nitrogens with two attached hydrogens (primary N) is 1. The molecule has 92 heavy (non-hydrogen) atoms. The number of amides is 3. The van der Waals surface area contributed by atoms with Crippen molar-refractivity contribution in [2.75, 3.05) is 0 Å². The van der Waals surface area contributed by atoms with E-state index < -0.39 is 41.8 Å². The number of rotatable bonds is 13. The van der Waals surface area contributed by atoms with Crippen molar-refractivity contribution >= 4 is 39.7 Å². The van der Waals surface area contributed by atoms with Gasteiger partial charge in [-0.25, -0.2) is 64.6 Å². The Hall–Kier alpha value is -11.3. The van der Waals surface area contributed by atoms with E-state index in [1.807, 2.05) is 64.5 Å². The standard InChI is InChI=1S/C28H26N8O9.C28H24N8O8.BH2OP/c1-11(2)19(29)26-33-16(8-44-26)23-31-14(6-41-23)22-30-13(5-40-22)21(37)36-20(12(3)4)27-34-17(9-45-27)24-32-15(7-42-24)25-35-18(10-43-25)28(38)39;1-11(2)19-27-33-17(9-43-27)25-31-16(7-41-25)24-30-14(6-40-24)22(38)36-20(12(3)4)28-34-18(10-44-28)26-32-15(8-42-26)23-29-13(5-39-23)21(37)35-19;2-1-3/h5-12,19-20H,29H2,1-4H3,(H,36,37)(H,38,39);5-12,19-20H,1-4H3,(H,35,37)(H,36,38);3H2. The topological polar surface area (TPSA) is 480 Å². The van der Waals surface area contributed by atoms with E-state index in [-0.39, 0.29) is 157 Å². The molecule has 1 aliphatic rings. The molecule has 12 aromatic rings. The first-order valence-corrected chi connectivity index (χ1v) is 28.4. The Kier molecular flexibility index (Phi) is 17.9. The molecule has 0 fully saturated rings. The van der Waals surface area contributed by atoms with Crippen LogP contribution in [0, 0.1) is 23.7 Å². The molecule has 472 valence electrons. The van der Waals surface area contributed by atoms with Crippen LogP contribution in [0.2, 0.25) is 0 Å². The van der Waals surface area contributed by atoms with Crippen LogP contribution in [0.5, 0.6) is 0 Å². The predicted octanol–water partition coefficient (Wildman–Crippen LogP) is 9.44. The van der Waals surface area contributed by atoms with Crippen molar-refractivity contribution in [2.24, 2.45) is 29.4 Å². The van der Waals surface area contributed by atoms with Crippen molar-refractivity contribution < 1.29 is 82.0 Å². The molecule has 0 radical (unpaired) electrons. The molecule has 12 aromatic heterocycles. The fourth-order valence-corrected chi connectivity index (χ4v) is 8.53. The van der Waals surface area contributed by atoms with E-state index in [0.717, 1.165) is 6.26 Å². The fraction of sp³-hybridized carbons (Fsp3) is 0.286. The summed E-state index contributed by atoms with van der Waals surface area (Å²) >= 11 is 0. The SMILES string of the molecule is CC(C)C(N)c1nc(-c2nc(-c3nc(C(=O)NC(c4nc(-c5nc(-c6nc(C(=O)O)co6)co5)co4)C(C)C)co3)co2)co1.CC(C)C1NC(=O)c2coc(n2)-c2coc(n2)-c2coc(n2)C(C(C)C)NC(=O)c2coc(n2)-c2coc(n2)-c2coc1n2.O=BP. The average molecular weight is 1280 g/mol. The summed E-state index contributed by atoms with van der Waals surface area (Å²) in [5, 5.41) is 17.6. The first kappa shape index (κ1) is 62.3. The second-order valence-corrected chi connectivity index (χ2v) is 21.7. The maximum atomic E-state index is 13.1. The number of hydrogen-bond donors (Lipinski definition) is 5. The molecule has 0 aromatic carbocycles. The Morgan fingerprint density at radius 1 is 0.446 bits per heavy atom. The molecule has 0 saturated heterocycles. The second-order valence-electron chi connectivity index (χ2n) is 21.4. The van der Waals surface area contributed by atoms with Crippen molar-refractivity contribution in [2.45, 2.75) is 79.6 Å². The van der Waals surface area contributed by atoms with E-state index in [1.165, 1.54) is 68.9 Å². The van der Waals surface area contributed by atoms with Crippen LogP contribution in [0.25, 0.3) is 92.7 Å². The van der Waals surface area contributed by atoms with E-state index in [4.69, 9.17) is 68.6 Å². The molecule has 12 bridgehead atoms. The van der Waals surface area contributed by atoms with Gasteiger partial charge in [-0.1, -0.05) is 55.4 Å². The third-order valence-electron chi connectivity index (χ3n) is 13.5. The summed E-state index contributed by atoms with van der Waals surface area (Å²) in [6, 6.07) is -2.30. The summed E-state index contributed by atoms with van der Waals surface area (Å²) in [5.74, 6) is -1.47. The summed E-state index contributed by atoms with van der Waals surface area (Å²) in [7, 11) is 1.90. The summed E-state index contributed by atoms with van der Waals surface area (Å²) < 4.78 is 75.1. The zero-order chi connectivity index (χ0) is 65.1. The molecule has 13 heterocycles. The van der Waals surface area contributed by atoms with E-state index in [2.05, 4.69) is 75.8 Å². The van der Waals surface area contributed by atoms with Crippen LogP contribution < -0.4 is 21.7 Å². The van der Waals surface area contributed by atoms with Crippen LogP contribution in [-0.4, -0.2) is 95.5 Å². The zero-order valence-corrected chi connectivity index (χ0v) is 50.7. The number of carbonyl (C=O) groups excluding carboxylic acids is 3. The van der Waals surface area contributed by atoms with Crippen molar-refractivity contribution in [1.82, 2.24) is 75.8 Å². The molecule has 5 unspecified atom stereocenters. The number of carboxylic acids is 1. The molecule has 13 rings (SSSR count). The van der Waals surface area contributed by atoms with Crippen LogP contribution in [0.1, 0.15) is 145 Å². The zero-order valence-electron chi connectivity index (χ0n) is 49.5. The van der Waals surface area contributed by atoms with Gasteiger partial charge in [0.2, 0.25) is 70.7 Å². The van der Waals surface area contributed by atoms with Gasteiger partial charge >= 0.3 is 26.7 Å². The molecule has 0 aliphatic carbocycles. The van der Waals surface area contributed by atoms with E-state index in [1.54, 1.807) is 0 Å². The Balaban J connectivity index is 0.000000181. The number of aromatic carboxylic acids is 1. The van der Waals surface area contributed by atoms with Gasteiger partial charge in [0.25, 0.3) is 17.7 Å². The van der Waals surface area contributed by atoms with E-state index in [0.29, 0.717) is 18.5 Å². The van der Waals surface area contributed by atoms with Gasteiger partial charge in [0.1, 0.15) is 93.3 Å². The van der Waals surface area contributed by atoms with E-state index >= 15 is 0 Å². The fourth-order valence-electron chi connectivity index (χ4n) is 8.53. The number of aromatic nitrogens is 12. The normalized spacial score (nSPS) is 14.6. The van der Waals surface area contributed by atoms with Gasteiger partial charge in [-0.15, -0.1) is 0 Å². The number of nitrogens with zero attached hydrogens (tertiary/aromatic N) is 12. The summed E-state index contributed by atoms with van der Waals surface area (Å²) in [6.07, 6.45) is 15.3. The van der Waals surface area contributed by atoms with Crippen LogP contribution in [0.4, 0.5) is 0 Å². The molecular weight excluding hydrogens is 1230 g/mol. The maximum absolute atomic E-state index is 13.1. The minimum absolute atomic E-state index is 0.0115. The number of oxazole rings is 12. The van der Waals surface area contributed by atoms with Gasteiger partial charge in [0.15, 0.2) is 68.3 Å². The van der Waals surface area contributed by atoms with Crippen LogP contribution in [0.15, 0.2) is 128 Å². The molecule has 3 amide bonds. The number of fused-ring (bicyclic) bond motifs is 16. The Labute approximate surface area is 518 Å². The van der Waals surface area contributed by atoms with Gasteiger partial charge in [-0.3, -0.25) is 14.4 Å². The Morgan fingerprint density at radius 2 is 0.750 bits per heavy atom. The molecule has 36 heteroatoms. The first-order valence-electron chi connectivity index (χ1n) is 27.8. The van der Waals surface area contributed by atoms with Crippen LogP contribution in [0.3, 0.4) is 0 Å². The van der Waals surface area contributed by atoms with Gasteiger partial charge in [0.05, 0.1) is 6.04 Å². The molecule has 5 atom stereocenters. The van der Waals surface area contributed by atoms with Crippen molar-refractivity contribution in [1.29, 1.82) is 0 Å². The quantitative estimate of drug-likeness (QED) is 0.0529. The Morgan fingerprint density at radius 3 is 1.13 bits per heavy atom. The second kappa shape index (κ2) is 26.4. The number of carbonyl (C=O) groups is 4. The molecular formula is C56H52BN16O18P. The number of nitrogens with one attached hydrogen (secondary N) is 3. The molecule has 0 spiro atoms. The monoisotopic (exact) mass is 1280 g/mol. The first-order chi connectivity index (χ1) is 44.2. The molecule has 1 aliphatic heterocycles. The number of hydrogen-bond acceptors (Lipinski definition) is 30. The van der Waals surface area contributed by atoms with Gasteiger partial charge in [0, 0.05) is 0 Å². The van der Waals surface area contributed by atoms with Crippen molar-refractivity contribution in [3.05, 3.63) is 121 Å². The van der Waals surface area contributed by atoms with E-state index in [9.17, 15) is 19.2 Å². The van der Waals surface area contributed by atoms with Gasteiger partial charge in [-0.05, 0) is 23.7 Å². The summed E-state index contributed by atoms with van der Waals surface area (Å²) in [5.41, 5.74) is 7.86. The van der Waals surface area contributed by atoms with Crippen LogP contribution in [-0.2, 0) is 4.70 Å². The molecule has 34 nitrogen and oxygen atoms in total. The summed E-state index contributed by atoms with van der Waals surface area (Å²) in [6.45, 7) is 15.9. The minimum atomic E-state index is -1.24. The molecule has 0 saturated carbocycles. The number of carboxylic acid groups (broad SMARTS) is 1.